The highest BCUT2D eigenvalue weighted by atomic mass is 16.3. The van der Waals surface area contributed by atoms with Crippen LogP contribution < -0.4 is 0 Å². The van der Waals surface area contributed by atoms with E-state index in [1.165, 1.54) is 5.56 Å². The largest absolute Gasteiger partial charge is 0.388 e. The van der Waals surface area contributed by atoms with Gasteiger partial charge in [-0.25, -0.2) is 0 Å². The first-order valence-corrected chi connectivity index (χ1v) is 7.31. The van der Waals surface area contributed by atoms with Gasteiger partial charge in [0.1, 0.15) is 0 Å². The number of nitrogens with zero attached hydrogens (tertiary/aromatic N) is 1. The molecule has 0 aliphatic rings. The van der Waals surface area contributed by atoms with Gasteiger partial charge in [-0.3, -0.25) is 4.98 Å². The Morgan fingerprint density at radius 3 is 2.62 bits per heavy atom. The Labute approximate surface area is 125 Å². The highest BCUT2D eigenvalue weighted by molar-refractivity contribution is 5.85. The average Bonchev–Trinajstić information content (AvgIpc) is 2.55. The summed E-state index contributed by atoms with van der Waals surface area (Å²) < 4.78 is 0. The van der Waals surface area contributed by atoms with Crippen molar-refractivity contribution in [3.05, 3.63) is 78.1 Å². The van der Waals surface area contributed by atoms with Crippen molar-refractivity contribution in [3.8, 4) is 0 Å². The van der Waals surface area contributed by atoms with E-state index in [1.54, 1.807) is 6.20 Å². The second-order valence-corrected chi connectivity index (χ2v) is 5.51. The van der Waals surface area contributed by atoms with Gasteiger partial charge in [-0.15, -0.1) is 0 Å². The van der Waals surface area contributed by atoms with Crippen molar-refractivity contribution in [1.82, 2.24) is 4.98 Å². The molecule has 21 heavy (non-hydrogen) atoms. The Bertz CT molecular complexity index is 718. The van der Waals surface area contributed by atoms with Crippen molar-refractivity contribution in [3.63, 3.8) is 0 Å². The molecule has 1 aromatic heterocycles. The second kappa shape index (κ2) is 6.06. The van der Waals surface area contributed by atoms with Crippen LogP contribution in [-0.2, 0) is 0 Å². The number of benzene rings is 2. The van der Waals surface area contributed by atoms with E-state index in [-0.39, 0.29) is 0 Å². The first-order chi connectivity index (χ1) is 10.3. The molecule has 3 aromatic rings. The molecule has 3 rings (SSSR count). The SMILES string of the molecule is CC(CC(O)c1cccc2ccncc12)c1ccccc1. The van der Waals surface area contributed by atoms with Gasteiger partial charge >= 0.3 is 0 Å². The van der Waals surface area contributed by atoms with Crippen LogP contribution >= 0.6 is 0 Å². The van der Waals surface area contributed by atoms with Crippen molar-refractivity contribution in [2.75, 3.05) is 0 Å². The second-order valence-electron chi connectivity index (χ2n) is 5.51. The Hall–Kier alpha value is -2.19. The van der Waals surface area contributed by atoms with Crippen molar-refractivity contribution in [1.29, 1.82) is 0 Å². The molecule has 0 aliphatic heterocycles. The fourth-order valence-electron chi connectivity index (χ4n) is 2.81. The van der Waals surface area contributed by atoms with Gasteiger partial charge in [0.05, 0.1) is 6.10 Å². The summed E-state index contributed by atoms with van der Waals surface area (Å²) in [5.41, 5.74) is 2.22. The molecule has 0 saturated heterocycles. The first-order valence-electron chi connectivity index (χ1n) is 7.31. The zero-order chi connectivity index (χ0) is 14.7. The zero-order valence-electron chi connectivity index (χ0n) is 12.1. The molecule has 2 nitrogen and oxygen atoms in total. The third-order valence-electron chi connectivity index (χ3n) is 4.02. The van der Waals surface area contributed by atoms with Crippen LogP contribution in [-0.4, -0.2) is 10.1 Å². The fraction of sp³-hybridized carbons (Fsp3) is 0.211. The van der Waals surface area contributed by atoms with Crippen LogP contribution in [0.5, 0.6) is 0 Å². The summed E-state index contributed by atoms with van der Waals surface area (Å²) in [4.78, 5) is 4.18. The number of hydrogen-bond acceptors (Lipinski definition) is 2. The van der Waals surface area contributed by atoms with E-state index in [9.17, 15) is 5.11 Å². The number of rotatable bonds is 4. The van der Waals surface area contributed by atoms with Crippen LogP contribution in [0.1, 0.15) is 36.5 Å². The summed E-state index contributed by atoms with van der Waals surface area (Å²) in [7, 11) is 0. The average molecular weight is 277 g/mol. The molecule has 1 heterocycles. The minimum atomic E-state index is -0.479. The number of aliphatic hydroxyl groups is 1. The molecule has 106 valence electrons. The maximum atomic E-state index is 10.6. The summed E-state index contributed by atoms with van der Waals surface area (Å²) in [5.74, 6) is 0.313. The Kier molecular flexibility index (Phi) is 3.98. The molecule has 0 saturated carbocycles. The van der Waals surface area contributed by atoms with Gasteiger partial charge < -0.3 is 5.11 Å². The topological polar surface area (TPSA) is 33.1 Å². The lowest BCUT2D eigenvalue weighted by Gasteiger charge is -2.18. The molecule has 0 fully saturated rings. The quantitative estimate of drug-likeness (QED) is 0.763. The van der Waals surface area contributed by atoms with E-state index in [2.05, 4.69) is 24.0 Å². The van der Waals surface area contributed by atoms with Crippen LogP contribution in [0.4, 0.5) is 0 Å². The Balaban J connectivity index is 1.86. The smallest absolute Gasteiger partial charge is 0.0802 e. The molecule has 2 atom stereocenters. The van der Waals surface area contributed by atoms with Gasteiger partial charge in [0.2, 0.25) is 0 Å². The number of hydrogen-bond donors (Lipinski definition) is 1. The van der Waals surface area contributed by atoms with E-state index in [4.69, 9.17) is 0 Å². The standard InChI is InChI=1S/C19H19NO/c1-14(15-6-3-2-4-7-15)12-19(21)17-9-5-8-16-10-11-20-13-18(16)17/h2-11,13-14,19,21H,12H2,1H3. The number of aliphatic hydroxyl groups excluding tert-OH is 1. The van der Waals surface area contributed by atoms with Gasteiger partial charge in [0, 0.05) is 17.8 Å². The molecule has 1 N–H and O–H groups in total. The summed E-state index contributed by atoms with van der Waals surface area (Å²) in [6.07, 6.45) is 3.84. The minimum absolute atomic E-state index is 0.313. The predicted molar refractivity (Wildman–Crippen MR) is 86.2 cm³/mol. The maximum absolute atomic E-state index is 10.6. The van der Waals surface area contributed by atoms with Crippen LogP contribution in [0, 0.1) is 0 Å². The van der Waals surface area contributed by atoms with Crippen molar-refractivity contribution >= 4 is 10.8 Å². The fourth-order valence-corrected chi connectivity index (χ4v) is 2.81. The third kappa shape index (κ3) is 2.96. The number of aromatic nitrogens is 1. The third-order valence-corrected chi connectivity index (χ3v) is 4.02. The summed E-state index contributed by atoms with van der Waals surface area (Å²) in [6, 6.07) is 18.3. The lowest BCUT2D eigenvalue weighted by Crippen LogP contribution is -2.04. The molecular weight excluding hydrogens is 258 g/mol. The molecule has 2 unspecified atom stereocenters. The Morgan fingerprint density at radius 2 is 1.81 bits per heavy atom. The molecule has 0 radical (unpaired) electrons. The van der Waals surface area contributed by atoms with Crippen molar-refractivity contribution < 1.29 is 5.11 Å². The van der Waals surface area contributed by atoms with Gasteiger partial charge in [0.15, 0.2) is 0 Å². The monoisotopic (exact) mass is 277 g/mol. The lowest BCUT2D eigenvalue weighted by molar-refractivity contribution is 0.161. The van der Waals surface area contributed by atoms with Crippen LogP contribution in [0.2, 0.25) is 0 Å². The lowest BCUT2D eigenvalue weighted by atomic mass is 9.91. The minimum Gasteiger partial charge on any atom is -0.388 e. The van der Waals surface area contributed by atoms with E-state index in [0.717, 1.165) is 16.3 Å². The van der Waals surface area contributed by atoms with E-state index in [1.807, 2.05) is 48.7 Å². The van der Waals surface area contributed by atoms with Gasteiger partial charge in [-0.1, -0.05) is 55.5 Å². The zero-order valence-corrected chi connectivity index (χ0v) is 12.1. The Morgan fingerprint density at radius 1 is 1.00 bits per heavy atom. The maximum Gasteiger partial charge on any atom is 0.0802 e. The van der Waals surface area contributed by atoms with Crippen LogP contribution in [0.3, 0.4) is 0 Å². The normalized spacial score (nSPS) is 14.0. The molecular formula is C19H19NO. The molecule has 2 heteroatoms. The molecule has 0 amide bonds. The predicted octanol–water partition coefficient (Wildman–Crippen LogP) is 4.46. The van der Waals surface area contributed by atoms with Gasteiger partial charge in [-0.2, -0.15) is 0 Å². The van der Waals surface area contributed by atoms with Gasteiger partial charge in [-0.05, 0) is 34.9 Å². The van der Waals surface area contributed by atoms with E-state index < -0.39 is 6.10 Å². The van der Waals surface area contributed by atoms with Gasteiger partial charge in [0.25, 0.3) is 0 Å². The molecule has 0 aliphatic carbocycles. The van der Waals surface area contributed by atoms with Crippen LogP contribution in [0.25, 0.3) is 10.8 Å². The number of pyridine rings is 1. The van der Waals surface area contributed by atoms with E-state index in [0.29, 0.717) is 12.3 Å². The highest BCUT2D eigenvalue weighted by Gasteiger charge is 2.16. The summed E-state index contributed by atoms with van der Waals surface area (Å²) in [5, 5.41) is 12.8. The molecule has 2 aromatic carbocycles. The van der Waals surface area contributed by atoms with Crippen molar-refractivity contribution in [2.24, 2.45) is 0 Å². The van der Waals surface area contributed by atoms with E-state index >= 15 is 0 Å². The first kappa shape index (κ1) is 13.8. The molecule has 0 spiro atoms. The number of fused-ring (bicyclic) bond motifs is 1. The highest BCUT2D eigenvalue weighted by Crippen LogP contribution is 2.31. The summed E-state index contributed by atoms with van der Waals surface area (Å²) in [6.45, 7) is 2.15. The van der Waals surface area contributed by atoms with Crippen molar-refractivity contribution in [2.45, 2.75) is 25.4 Å². The summed E-state index contributed by atoms with van der Waals surface area (Å²) >= 11 is 0. The molecule has 0 bridgehead atoms. The van der Waals surface area contributed by atoms with Crippen LogP contribution in [0.15, 0.2) is 67.0 Å².